The molecule has 3 heterocycles. The van der Waals surface area contributed by atoms with Crippen molar-refractivity contribution in [2.75, 3.05) is 11.9 Å². The second-order valence-electron chi connectivity index (χ2n) is 7.21. The largest absolute Gasteiger partial charge is 0.483 e. The summed E-state index contributed by atoms with van der Waals surface area (Å²) in [6.07, 6.45) is 0.577. The van der Waals surface area contributed by atoms with Crippen LogP contribution in [0.3, 0.4) is 0 Å². The molecule has 32 heavy (non-hydrogen) atoms. The number of nitrogens with zero attached hydrogens (tertiary/aromatic N) is 3. The van der Waals surface area contributed by atoms with E-state index in [1.54, 1.807) is 13.0 Å². The van der Waals surface area contributed by atoms with Gasteiger partial charge in [0, 0.05) is 17.3 Å². The molecular formula is C23H23N5O3S. The summed E-state index contributed by atoms with van der Waals surface area (Å²) in [4.78, 5) is 33.3. The SMILES string of the molecule is CCc1c(C)nc(-n2nc(-c3cccs3)cc2NC(=O)COc2ccccc2C)[nH]c1=O. The molecule has 164 valence electrons. The summed E-state index contributed by atoms with van der Waals surface area (Å²) in [6.45, 7) is 5.44. The fourth-order valence-corrected chi connectivity index (χ4v) is 4.01. The second kappa shape index (κ2) is 9.19. The van der Waals surface area contributed by atoms with Gasteiger partial charge < -0.3 is 10.1 Å². The molecule has 1 aromatic carbocycles. The van der Waals surface area contributed by atoms with E-state index in [4.69, 9.17) is 4.74 Å². The molecule has 0 aliphatic heterocycles. The van der Waals surface area contributed by atoms with E-state index in [1.807, 2.05) is 55.6 Å². The smallest absolute Gasteiger partial charge is 0.263 e. The van der Waals surface area contributed by atoms with Gasteiger partial charge in [-0.05, 0) is 43.3 Å². The zero-order valence-corrected chi connectivity index (χ0v) is 18.8. The number of rotatable bonds is 7. The predicted molar refractivity (Wildman–Crippen MR) is 125 cm³/mol. The maximum Gasteiger partial charge on any atom is 0.263 e. The molecule has 1 amide bonds. The van der Waals surface area contributed by atoms with E-state index in [1.165, 1.54) is 16.0 Å². The van der Waals surface area contributed by atoms with E-state index < -0.39 is 0 Å². The number of amides is 1. The maximum atomic E-state index is 12.6. The van der Waals surface area contributed by atoms with Crippen LogP contribution in [-0.4, -0.2) is 32.3 Å². The Hall–Kier alpha value is -3.72. The normalized spacial score (nSPS) is 10.8. The molecule has 8 nitrogen and oxygen atoms in total. The Kier molecular flexibility index (Phi) is 6.18. The third-order valence-corrected chi connectivity index (χ3v) is 5.86. The van der Waals surface area contributed by atoms with Gasteiger partial charge >= 0.3 is 0 Å². The maximum absolute atomic E-state index is 12.6. The molecule has 0 radical (unpaired) electrons. The molecule has 0 spiro atoms. The van der Waals surface area contributed by atoms with Gasteiger partial charge in [-0.2, -0.15) is 9.78 Å². The molecule has 4 rings (SSSR count). The molecule has 0 saturated carbocycles. The highest BCUT2D eigenvalue weighted by Crippen LogP contribution is 2.27. The van der Waals surface area contributed by atoms with Gasteiger partial charge in [0.1, 0.15) is 17.3 Å². The van der Waals surface area contributed by atoms with Crippen LogP contribution >= 0.6 is 11.3 Å². The van der Waals surface area contributed by atoms with Crippen LogP contribution < -0.4 is 15.6 Å². The summed E-state index contributed by atoms with van der Waals surface area (Å²) in [7, 11) is 0. The molecule has 9 heteroatoms. The highest BCUT2D eigenvalue weighted by atomic mass is 32.1. The second-order valence-corrected chi connectivity index (χ2v) is 8.16. The van der Waals surface area contributed by atoms with E-state index in [9.17, 15) is 9.59 Å². The molecule has 0 aliphatic rings. The van der Waals surface area contributed by atoms with Gasteiger partial charge in [0.15, 0.2) is 6.61 Å². The predicted octanol–water partition coefficient (Wildman–Crippen LogP) is 3.88. The Bertz CT molecular complexity index is 1310. The number of ether oxygens (including phenoxy) is 1. The molecule has 0 aliphatic carbocycles. The van der Waals surface area contributed by atoms with Crippen molar-refractivity contribution in [2.45, 2.75) is 27.2 Å². The fourth-order valence-electron chi connectivity index (χ4n) is 3.33. The first-order valence-corrected chi connectivity index (χ1v) is 11.1. The molecular weight excluding hydrogens is 426 g/mol. The van der Waals surface area contributed by atoms with Crippen LogP contribution in [0.5, 0.6) is 5.75 Å². The lowest BCUT2D eigenvalue weighted by Gasteiger charge is -2.11. The zero-order valence-electron chi connectivity index (χ0n) is 18.0. The van der Waals surface area contributed by atoms with Crippen molar-refractivity contribution in [3.63, 3.8) is 0 Å². The van der Waals surface area contributed by atoms with Crippen LogP contribution in [-0.2, 0) is 11.2 Å². The van der Waals surface area contributed by atoms with Crippen molar-refractivity contribution < 1.29 is 9.53 Å². The number of thiophene rings is 1. The van der Waals surface area contributed by atoms with Gasteiger partial charge in [-0.15, -0.1) is 11.3 Å². The van der Waals surface area contributed by atoms with Crippen molar-refractivity contribution in [1.29, 1.82) is 0 Å². The number of hydrogen-bond donors (Lipinski definition) is 2. The lowest BCUT2D eigenvalue weighted by Crippen LogP contribution is -2.24. The van der Waals surface area contributed by atoms with E-state index in [2.05, 4.69) is 20.4 Å². The number of anilines is 1. The summed E-state index contributed by atoms with van der Waals surface area (Å²) in [5, 5.41) is 9.36. The van der Waals surface area contributed by atoms with Crippen LogP contribution in [0.1, 0.15) is 23.7 Å². The Balaban J connectivity index is 1.64. The Morgan fingerprint density at radius 2 is 2.03 bits per heavy atom. The molecule has 0 bridgehead atoms. The summed E-state index contributed by atoms with van der Waals surface area (Å²) in [5.41, 5.74) is 2.63. The Labute approximate surface area is 188 Å². The van der Waals surface area contributed by atoms with Crippen molar-refractivity contribution >= 4 is 23.1 Å². The van der Waals surface area contributed by atoms with Crippen LogP contribution in [0.2, 0.25) is 0 Å². The first-order chi connectivity index (χ1) is 15.5. The van der Waals surface area contributed by atoms with Crippen LogP contribution in [0.15, 0.2) is 52.6 Å². The number of nitrogens with one attached hydrogen (secondary N) is 2. The van der Waals surface area contributed by atoms with Crippen molar-refractivity contribution in [3.05, 3.63) is 75.0 Å². The minimum atomic E-state index is -0.351. The monoisotopic (exact) mass is 449 g/mol. The topological polar surface area (TPSA) is 102 Å². The fraction of sp³-hybridized carbons (Fsp3) is 0.217. The number of H-pyrrole nitrogens is 1. The van der Waals surface area contributed by atoms with Crippen LogP contribution in [0.4, 0.5) is 5.82 Å². The average Bonchev–Trinajstić information content (AvgIpc) is 3.43. The minimum Gasteiger partial charge on any atom is -0.483 e. The van der Waals surface area contributed by atoms with Crippen molar-refractivity contribution in [3.8, 4) is 22.3 Å². The first kappa shape index (κ1) is 21.5. The molecule has 0 atom stereocenters. The first-order valence-electron chi connectivity index (χ1n) is 10.2. The molecule has 2 N–H and O–H groups in total. The number of aromatic nitrogens is 4. The summed E-state index contributed by atoms with van der Waals surface area (Å²) >= 11 is 1.53. The third-order valence-electron chi connectivity index (χ3n) is 4.97. The number of hydrogen-bond acceptors (Lipinski definition) is 6. The van der Waals surface area contributed by atoms with Gasteiger partial charge in [0.25, 0.3) is 11.5 Å². The number of aryl methyl sites for hydroxylation is 2. The van der Waals surface area contributed by atoms with Gasteiger partial charge in [-0.25, -0.2) is 4.98 Å². The lowest BCUT2D eigenvalue weighted by atomic mass is 10.2. The highest BCUT2D eigenvalue weighted by molar-refractivity contribution is 7.13. The number of para-hydroxylation sites is 1. The van der Waals surface area contributed by atoms with E-state index in [0.29, 0.717) is 34.9 Å². The molecule has 0 saturated heterocycles. The molecule has 4 aromatic rings. The molecule has 3 aromatic heterocycles. The van der Waals surface area contributed by atoms with Gasteiger partial charge in [-0.3, -0.25) is 14.6 Å². The Morgan fingerprint density at radius 1 is 1.22 bits per heavy atom. The van der Waals surface area contributed by atoms with Gasteiger partial charge in [-0.1, -0.05) is 31.2 Å². The van der Waals surface area contributed by atoms with E-state index >= 15 is 0 Å². The van der Waals surface area contributed by atoms with Crippen LogP contribution in [0.25, 0.3) is 16.5 Å². The van der Waals surface area contributed by atoms with Crippen molar-refractivity contribution in [2.24, 2.45) is 0 Å². The highest BCUT2D eigenvalue weighted by Gasteiger charge is 2.18. The molecule has 0 fully saturated rings. The quantitative estimate of drug-likeness (QED) is 0.446. The zero-order chi connectivity index (χ0) is 22.7. The van der Waals surface area contributed by atoms with Crippen LogP contribution in [0, 0.1) is 13.8 Å². The summed E-state index contributed by atoms with van der Waals surface area (Å²) < 4.78 is 7.09. The number of benzene rings is 1. The summed E-state index contributed by atoms with van der Waals surface area (Å²) in [6, 6.07) is 13.1. The molecule has 0 unspecified atom stereocenters. The summed E-state index contributed by atoms with van der Waals surface area (Å²) in [5.74, 6) is 0.921. The Morgan fingerprint density at radius 3 is 2.72 bits per heavy atom. The minimum absolute atomic E-state index is 0.165. The van der Waals surface area contributed by atoms with Crippen molar-refractivity contribution in [1.82, 2.24) is 19.7 Å². The van der Waals surface area contributed by atoms with Gasteiger partial charge in [0.05, 0.1) is 4.88 Å². The third kappa shape index (κ3) is 4.47. The number of carbonyl (C=O) groups excluding carboxylic acids is 1. The lowest BCUT2D eigenvalue weighted by molar-refractivity contribution is -0.118. The number of carbonyl (C=O) groups is 1. The average molecular weight is 450 g/mol. The van der Waals surface area contributed by atoms with E-state index in [0.717, 1.165) is 10.4 Å². The number of aromatic amines is 1. The van der Waals surface area contributed by atoms with E-state index in [-0.39, 0.29) is 24.0 Å². The standard InChI is InChI=1S/C23H23N5O3S/c1-4-16-15(3)24-23(26-22(16)30)28-20(12-17(27-28)19-10-7-11-32-19)25-21(29)13-31-18-9-6-5-8-14(18)2/h5-12H,4,13H2,1-3H3,(H,25,29)(H,24,26,30). The van der Waals surface area contributed by atoms with Gasteiger partial charge in [0.2, 0.25) is 5.95 Å².